The highest BCUT2D eigenvalue weighted by Crippen LogP contribution is 2.38. The first-order valence-electron chi connectivity index (χ1n) is 11.4. The summed E-state index contributed by atoms with van der Waals surface area (Å²) in [5.74, 6) is -5.99. The van der Waals surface area contributed by atoms with Crippen molar-refractivity contribution < 1.29 is 35.9 Å². The molecule has 1 saturated heterocycles. The van der Waals surface area contributed by atoms with E-state index in [-0.39, 0.29) is 18.2 Å². The number of rotatable bonds is 6. The van der Waals surface area contributed by atoms with Crippen LogP contribution < -0.4 is 10.1 Å². The zero-order valence-corrected chi connectivity index (χ0v) is 21.3. The number of carbonyl (C=O) groups is 1. The molecule has 1 unspecified atom stereocenters. The molecule has 1 aromatic carbocycles. The van der Waals surface area contributed by atoms with Crippen molar-refractivity contribution in [1.82, 2.24) is 19.9 Å². The van der Waals surface area contributed by atoms with Crippen LogP contribution in [0.15, 0.2) is 30.5 Å². The van der Waals surface area contributed by atoms with Crippen LogP contribution in [0.4, 0.5) is 32.3 Å². The lowest BCUT2D eigenvalue weighted by Crippen LogP contribution is -2.57. The number of hydrogen-bond donors (Lipinski definition) is 1. The molecule has 2 aromatic heterocycles. The predicted octanol–water partition coefficient (Wildman–Crippen LogP) is 5.67. The fourth-order valence-corrected chi connectivity index (χ4v) is 5.30. The zero-order valence-electron chi connectivity index (χ0n) is 20.4. The number of anilines is 1. The molecule has 1 fully saturated rings. The number of thiazole rings is 1. The van der Waals surface area contributed by atoms with E-state index in [1.807, 2.05) is 0 Å². The summed E-state index contributed by atoms with van der Waals surface area (Å²) in [5, 5.41) is 3.27. The number of benzene rings is 1. The first kappa shape index (κ1) is 27.6. The predicted molar refractivity (Wildman–Crippen MR) is 128 cm³/mol. The molecule has 7 nitrogen and oxygen atoms in total. The summed E-state index contributed by atoms with van der Waals surface area (Å²) in [6.45, 7) is 2.23. The van der Waals surface area contributed by atoms with Crippen molar-refractivity contribution in [1.29, 1.82) is 0 Å². The minimum Gasteiger partial charge on any atom is -0.480 e. The van der Waals surface area contributed by atoms with Crippen LogP contribution in [0.5, 0.6) is 5.88 Å². The third kappa shape index (κ3) is 5.84. The number of carbonyl (C=O) groups excluding carboxylic acids is 1. The summed E-state index contributed by atoms with van der Waals surface area (Å²) in [7, 11) is 1.03. The second kappa shape index (κ2) is 10.4. The van der Waals surface area contributed by atoms with Crippen LogP contribution in [0.2, 0.25) is 0 Å². The van der Waals surface area contributed by atoms with E-state index in [0.717, 1.165) is 12.0 Å². The van der Waals surface area contributed by atoms with Gasteiger partial charge in [-0.2, -0.15) is 18.2 Å². The summed E-state index contributed by atoms with van der Waals surface area (Å²) >= 11 is 1.18. The molecule has 3 aromatic rings. The largest absolute Gasteiger partial charge is 0.480 e. The molecule has 0 radical (unpaired) electrons. The van der Waals surface area contributed by atoms with Crippen molar-refractivity contribution in [2.24, 2.45) is 5.92 Å². The van der Waals surface area contributed by atoms with Gasteiger partial charge in [0.1, 0.15) is 17.1 Å². The molecule has 0 spiro atoms. The second-order valence-electron chi connectivity index (χ2n) is 8.95. The number of aromatic nitrogens is 3. The molecule has 4 rings (SSSR count). The lowest BCUT2D eigenvalue weighted by Gasteiger charge is -2.43. The van der Waals surface area contributed by atoms with Crippen molar-refractivity contribution in [3.8, 4) is 16.3 Å². The summed E-state index contributed by atoms with van der Waals surface area (Å²) in [4.78, 5) is 26.8. The average Bonchev–Trinajstić information content (AvgIpc) is 3.23. The Kier molecular flexibility index (Phi) is 7.55. The van der Waals surface area contributed by atoms with Gasteiger partial charge in [0.25, 0.3) is 11.8 Å². The van der Waals surface area contributed by atoms with Crippen molar-refractivity contribution in [3.63, 3.8) is 0 Å². The van der Waals surface area contributed by atoms with Gasteiger partial charge < -0.3 is 15.0 Å². The molecule has 3 heterocycles. The number of likely N-dealkylation sites (tertiary alicyclic amines) is 1. The monoisotopic (exact) mass is 559 g/mol. The molecule has 14 heteroatoms. The van der Waals surface area contributed by atoms with Gasteiger partial charge in [0, 0.05) is 19.2 Å². The van der Waals surface area contributed by atoms with E-state index in [9.17, 15) is 31.1 Å². The molecular weight excluding hydrogens is 536 g/mol. The Morgan fingerprint density at radius 1 is 1.24 bits per heavy atom. The summed E-state index contributed by atoms with van der Waals surface area (Å²) < 4.78 is 86.8. The molecule has 1 N–H and O–H groups in total. The first-order chi connectivity index (χ1) is 17.8. The van der Waals surface area contributed by atoms with Gasteiger partial charge in [0.2, 0.25) is 11.8 Å². The Labute approximate surface area is 217 Å². The topological polar surface area (TPSA) is 80.2 Å². The van der Waals surface area contributed by atoms with Crippen molar-refractivity contribution in [3.05, 3.63) is 52.5 Å². The van der Waals surface area contributed by atoms with E-state index < -0.39 is 60.2 Å². The Balaban J connectivity index is 1.63. The number of ether oxygens (including phenoxy) is 1. The molecule has 0 bridgehead atoms. The standard InChI is InChI=1S/C24H23F6N5O2S/c1-12-8-23(26,27)11-35(17(12)10-32-22-31-9-16(24(28,29)30)20(34-22)37-3)21(36)18-19(38-13(2)33-18)14-4-6-15(25)7-5-14/h4-7,9,12,17H,8,10-11H2,1-3H3,(H,31,32,34)/t12-,17?/m1/s1. The normalized spacial score (nSPS) is 19.3. The van der Waals surface area contributed by atoms with Crippen LogP contribution in [0, 0.1) is 18.7 Å². The van der Waals surface area contributed by atoms with E-state index in [4.69, 9.17) is 4.74 Å². The van der Waals surface area contributed by atoms with E-state index in [0.29, 0.717) is 21.6 Å². The SMILES string of the molecule is COc1nc(NCC2[C@H](C)CC(F)(F)CN2C(=O)c2nc(C)sc2-c2ccc(F)cc2)ncc1C(F)(F)F. The summed E-state index contributed by atoms with van der Waals surface area (Å²) in [6.07, 6.45) is -4.67. The highest BCUT2D eigenvalue weighted by molar-refractivity contribution is 7.15. The lowest BCUT2D eigenvalue weighted by molar-refractivity contribution is -0.139. The lowest BCUT2D eigenvalue weighted by atomic mass is 9.88. The van der Waals surface area contributed by atoms with Gasteiger partial charge in [0.05, 0.1) is 29.6 Å². The number of piperidine rings is 1. The molecule has 1 aliphatic heterocycles. The van der Waals surface area contributed by atoms with Crippen LogP contribution in [-0.4, -0.2) is 57.9 Å². The van der Waals surface area contributed by atoms with E-state index in [1.165, 1.54) is 35.6 Å². The van der Waals surface area contributed by atoms with Crippen LogP contribution >= 0.6 is 11.3 Å². The van der Waals surface area contributed by atoms with Gasteiger partial charge in [-0.15, -0.1) is 11.3 Å². The number of alkyl halides is 5. The minimum absolute atomic E-state index is 0.0403. The Bertz CT molecular complexity index is 1310. The van der Waals surface area contributed by atoms with Gasteiger partial charge in [0.15, 0.2) is 0 Å². The number of nitrogens with one attached hydrogen (secondary N) is 1. The third-order valence-corrected chi connectivity index (χ3v) is 7.13. The zero-order chi connectivity index (χ0) is 27.8. The highest BCUT2D eigenvalue weighted by atomic mass is 32.1. The van der Waals surface area contributed by atoms with E-state index >= 15 is 0 Å². The van der Waals surface area contributed by atoms with Gasteiger partial charge in [-0.25, -0.2) is 23.1 Å². The number of hydrogen-bond acceptors (Lipinski definition) is 7. The fourth-order valence-electron chi connectivity index (χ4n) is 4.38. The maximum absolute atomic E-state index is 14.6. The van der Waals surface area contributed by atoms with Gasteiger partial charge in [-0.05, 0) is 30.5 Å². The minimum atomic E-state index is -4.73. The molecule has 1 amide bonds. The highest BCUT2D eigenvalue weighted by Gasteiger charge is 2.47. The van der Waals surface area contributed by atoms with Gasteiger partial charge in [-0.3, -0.25) is 4.79 Å². The molecule has 0 saturated carbocycles. The van der Waals surface area contributed by atoms with Crippen LogP contribution in [0.25, 0.3) is 10.4 Å². The first-order valence-corrected chi connectivity index (χ1v) is 12.2. The second-order valence-corrected chi connectivity index (χ2v) is 10.2. The number of methoxy groups -OCH3 is 1. The van der Waals surface area contributed by atoms with Crippen molar-refractivity contribution in [2.45, 2.75) is 38.4 Å². The molecule has 1 aliphatic rings. The molecule has 204 valence electrons. The smallest absolute Gasteiger partial charge is 0.423 e. The maximum atomic E-state index is 14.6. The maximum Gasteiger partial charge on any atom is 0.423 e. The van der Waals surface area contributed by atoms with E-state index in [2.05, 4.69) is 20.3 Å². The number of aryl methyl sites for hydroxylation is 1. The van der Waals surface area contributed by atoms with Gasteiger partial charge >= 0.3 is 6.18 Å². The number of nitrogens with zero attached hydrogens (tertiary/aromatic N) is 4. The van der Waals surface area contributed by atoms with Crippen LogP contribution in [-0.2, 0) is 6.18 Å². The quantitative estimate of drug-likeness (QED) is 0.392. The number of halogens is 6. The Morgan fingerprint density at radius 2 is 1.92 bits per heavy atom. The summed E-state index contributed by atoms with van der Waals surface area (Å²) in [6, 6.07) is 4.60. The average molecular weight is 560 g/mol. The fraction of sp³-hybridized carbons (Fsp3) is 0.417. The molecule has 0 aliphatic carbocycles. The Morgan fingerprint density at radius 3 is 2.55 bits per heavy atom. The molecule has 2 atom stereocenters. The third-order valence-electron chi connectivity index (χ3n) is 6.11. The van der Waals surface area contributed by atoms with Crippen LogP contribution in [0.1, 0.15) is 34.4 Å². The van der Waals surface area contributed by atoms with Crippen LogP contribution in [0.3, 0.4) is 0 Å². The van der Waals surface area contributed by atoms with Crippen molar-refractivity contribution in [2.75, 3.05) is 25.5 Å². The Hall–Kier alpha value is -3.42. The number of amides is 1. The summed E-state index contributed by atoms with van der Waals surface area (Å²) in [5.41, 5.74) is -0.696. The van der Waals surface area contributed by atoms with Crippen molar-refractivity contribution >= 4 is 23.2 Å². The van der Waals surface area contributed by atoms with E-state index in [1.54, 1.807) is 13.8 Å². The van der Waals surface area contributed by atoms with Gasteiger partial charge in [-0.1, -0.05) is 19.1 Å². The molecular formula is C24H23F6N5O2S. The molecule has 38 heavy (non-hydrogen) atoms.